The van der Waals surface area contributed by atoms with Gasteiger partial charge in [-0.1, -0.05) is 44.2 Å². The van der Waals surface area contributed by atoms with Gasteiger partial charge in [0.25, 0.3) is 0 Å². The number of rotatable bonds is 8. The van der Waals surface area contributed by atoms with Gasteiger partial charge in [0.1, 0.15) is 6.61 Å². The molecule has 3 N–H and O–H groups in total. The van der Waals surface area contributed by atoms with Crippen molar-refractivity contribution in [3.05, 3.63) is 35.9 Å². The van der Waals surface area contributed by atoms with Crippen LogP contribution >= 0.6 is 0 Å². The van der Waals surface area contributed by atoms with Crippen molar-refractivity contribution in [3.8, 4) is 0 Å². The first kappa shape index (κ1) is 16.7. The molecule has 1 rings (SSSR count). The Kier molecular flexibility index (Phi) is 6.68. The molecule has 0 aliphatic rings. The summed E-state index contributed by atoms with van der Waals surface area (Å²) in [5.41, 5.74) is 6.47. The van der Waals surface area contributed by atoms with Crippen LogP contribution in [0.2, 0.25) is 0 Å². The summed E-state index contributed by atoms with van der Waals surface area (Å²) < 4.78 is 5.42. The molecule has 0 aromatic heterocycles. The molecular formula is C16H26N2O2. The molecule has 0 bridgehead atoms. The topological polar surface area (TPSA) is 64.3 Å². The molecule has 0 saturated heterocycles. The minimum absolute atomic E-state index is 0.0581. The van der Waals surface area contributed by atoms with Crippen LogP contribution in [-0.4, -0.2) is 24.6 Å². The Morgan fingerprint density at radius 2 is 2.00 bits per heavy atom. The molecule has 1 aromatic rings. The number of carbonyl (C=O) groups excluding carboxylic acids is 1. The number of carbonyl (C=O) groups is 1. The number of benzene rings is 1. The zero-order valence-electron chi connectivity index (χ0n) is 12.7. The molecular weight excluding hydrogens is 252 g/mol. The SMILES string of the molecule is CC(C)CC(C)(CN)NC(=O)COCc1ccccc1. The fourth-order valence-electron chi connectivity index (χ4n) is 2.29. The first-order valence-corrected chi connectivity index (χ1v) is 7.08. The molecule has 1 aromatic carbocycles. The normalized spacial score (nSPS) is 14.1. The van der Waals surface area contributed by atoms with Crippen molar-refractivity contribution in [2.75, 3.05) is 13.2 Å². The van der Waals surface area contributed by atoms with Crippen molar-refractivity contribution < 1.29 is 9.53 Å². The summed E-state index contributed by atoms with van der Waals surface area (Å²) in [6.07, 6.45) is 0.855. The van der Waals surface area contributed by atoms with E-state index in [1.165, 1.54) is 0 Å². The average Bonchev–Trinajstić information content (AvgIpc) is 2.39. The minimum atomic E-state index is -0.360. The van der Waals surface area contributed by atoms with Crippen molar-refractivity contribution in [2.24, 2.45) is 11.7 Å². The molecule has 0 saturated carbocycles. The van der Waals surface area contributed by atoms with Gasteiger partial charge in [-0.2, -0.15) is 0 Å². The second-order valence-electron chi connectivity index (χ2n) is 5.89. The van der Waals surface area contributed by atoms with Crippen LogP contribution in [0.4, 0.5) is 0 Å². The van der Waals surface area contributed by atoms with Gasteiger partial charge in [-0.15, -0.1) is 0 Å². The van der Waals surface area contributed by atoms with E-state index < -0.39 is 0 Å². The fourth-order valence-corrected chi connectivity index (χ4v) is 2.29. The predicted molar refractivity (Wildman–Crippen MR) is 81.2 cm³/mol. The summed E-state index contributed by atoms with van der Waals surface area (Å²) in [6.45, 7) is 7.13. The van der Waals surface area contributed by atoms with Crippen molar-refractivity contribution in [3.63, 3.8) is 0 Å². The van der Waals surface area contributed by atoms with E-state index in [4.69, 9.17) is 10.5 Å². The second-order valence-corrected chi connectivity index (χ2v) is 5.89. The number of hydrogen-bond donors (Lipinski definition) is 2. The lowest BCUT2D eigenvalue weighted by molar-refractivity contribution is -0.128. The van der Waals surface area contributed by atoms with Gasteiger partial charge >= 0.3 is 0 Å². The van der Waals surface area contributed by atoms with Crippen LogP contribution in [0, 0.1) is 5.92 Å². The Bertz CT molecular complexity index is 406. The summed E-state index contributed by atoms with van der Waals surface area (Å²) in [6, 6.07) is 9.80. The van der Waals surface area contributed by atoms with Gasteiger partial charge in [0, 0.05) is 12.1 Å². The zero-order chi connectivity index (χ0) is 15.0. The van der Waals surface area contributed by atoms with Gasteiger partial charge < -0.3 is 15.8 Å². The van der Waals surface area contributed by atoms with Gasteiger partial charge in [-0.3, -0.25) is 4.79 Å². The smallest absolute Gasteiger partial charge is 0.246 e. The van der Waals surface area contributed by atoms with E-state index in [0.717, 1.165) is 12.0 Å². The molecule has 1 amide bonds. The van der Waals surface area contributed by atoms with Gasteiger partial charge in [0.15, 0.2) is 0 Å². The van der Waals surface area contributed by atoms with Crippen LogP contribution in [0.5, 0.6) is 0 Å². The molecule has 0 aliphatic heterocycles. The lowest BCUT2D eigenvalue weighted by Crippen LogP contribution is -2.53. The summed E-state index contributed by atoms with van der Waals surface area (Å²) >= 11 is 0. The van der Waals surface area contributed by atoms with Gasteiger partial charge in [-0.05, 0) is 24.8 Å². The van der Waals surface area contributed by atoms with E-state index in [2.05, 4.69) is 19.2 Å². The number of nitrogens with one attached hydrogen (secondary N) is 1. The van der Waals surface area contributed by atoms with Crippen LogP contribution < -0.4 is 11.1 Å². The zero-order valence-corrected chi connectivity index (χ0v) is 12.7. The maximum Gasteiger partial charge on any atom is 0.246 e. The monoisotopic (exact) mass is 278 g/mol. The van der Waals surface area contributed by atoms with Crippen LogP contribution in [-0.2, 0) is 16.1 Å². The van der Waals surface area contributed by atoms with E-state index in [9.17, 15) is 4.79 Å². The molecule has 1 atom stereocenters. The van der Waals surface area contributed by atoms with Crippen molar-refractivity contribution >= 4 is 5.91 Å². The van der Waals surface area contributed by atoms with E-state index in [-0.39, 0.29) is 18.1 Å². The Hall–Kier alpha value is -1.39. The Balaban J connectivity index is 2.35. The quantitative estimate of drug-likeness (QED) is 0.765. The predicted octanol–water partition coefficient (Wildman–Crippen LogP) is 2.08. The summed E-state index contributed by atoms with van der Waals surface area (Å²) in [7, 11) is 0. The van der Waals surface area contributed by atoms with Crippen LogP contribution in [0.15, 0.2) is 30.3 Å². The average molecular weight is 278 g/mol. The number of ether oxygens (including phenoxy) is 1. The maximum atomic E-state index is 11.9. The molecule has 1 unspecified atom stereocenters. The number of amides is 1. The molecule has 0 spiro atoms. The van der Waals surface area contributed by atoms with Crippen LogP contribution in [0.25, 0.3) is 0 Å². The van der Waals surface area contributed by atoms with E-state index in [1.807, 2.05) is 37.3 Å². The van der Waals surface area contributed by atoms with Crippen LogP contribution in [0.1, 0.15) is 32.8 Å². The third kappa shape index (κ3) is 6.17. The molecule has 112 valence electrons. The largest absolute Gasteiger partial charge is 0.367 e. The number of nitrogens with two attached hydrogens (primary N) is 1. The first-order chi connectivity index (χ1) is 9.45. The molecule has 0 fully saturated rings. The minimum Gasteiger partial charge on any atom is -0.367 e. The van der Waals surface area contributed by atoms with Crippen LogP contribution in [0.3, 0.4) is 0 Å². The second kappa shape index (κ2) is 8.02. The molecule has 20 heavy (non-hydrogen) atoms. The first-order valence-electron chi connectivity index (χ1n) is 7.08. The molecule has 0 radical (unpaired) electrons. The van der Waals surface area contributed by atoms with Gasteiger partial charge in [0.05, 0.1) is 6.61 Å². The third-order valence-corrected chi connectivity index (χ3v) is 3.10. The highest BCUT2D eigenvalue weighted by molar-refractivity contribution is 5.78. The molecule has 0 aliphatic carbocycles. The standard InChI is InChI=1S/C16H26N2O2/c1-13(2)9-16(3,12-17)18-15(19)11-20-10-14-7-5-4-6-8-14/h4-8,13H,9-12,17H2,1-3H3,(H,18,19). The Morgan fingerprint density at radius 1 is 1.35 bits per heavy atom. The summed E-state index contributed by atoms with van der Waals surface area (Å²) in [5.74, 6) is 0.364. The Morgan fingerprint density at radius 3 is 2.55 bits per heavy atom. The van der Waals surface area contributed by atoms with Gasteiger partial charge in [-0.25, -0.2) is 0 Å². The lowest BCUT2D eigenvalue weighted by atomic mass is 9.91. The van der Waals surface area contributed by atoms with E-state index in [1.54, 1.807) is 0 Å². The Labute approximate surface area is 121 Å². The maximum absolute atomic E-state index is 11.9. The summed E-state index contributed by atoms with van der Waals surface area (Å²) in [5, 5.41) is 2.97. The third-order valence-electron chi connectivity index (χ3n) is 3.10. The van der Waals surface area contributed by atoms with Crippen molar-refractivity contribution in [1.82, 2.24) is 5.32 Å². The van der Waals surface area contributed by atoms with Gasteiger partial charge in [0.2, 0.25) is 5.91 Å². The fraction of sp³-hybridized carbons (Fsp3) is 0.562. The lowest BCUT2D eigenvalue weighted by Gasteiger charge is -2.31. The molecule has 4 heteroatoms. The van der Waals surface area contributed by atoms with E-state index >= 15 is 0 Å². The number of hydrogen-bond acceptors (Lipinski definition) is 3. The molecule has 0 heterocycles. The van der Waals surface area contributed by atoms with Crippen molar-refractivity contribution in [1.29, 1.82) is 0 Å². The summed E-state index contributed by atoms with van der Waals surface area (Å²) in [4.78, 5) is 11.9. The molecule has 4 nitrogen and oxygen atoms in total. The highest BCUT2D eigenvalue weighted by Crippen LogP contribution is 2.15. The highest BCUT2D eigenvalue weighted by Gasteiger charge is 2.25. The highest BCUT2D eigenvalue weighted by atomic mass is 16.5. The van der Waals surface area contributed by atoms with Crippen molar-refractivity contribution in [2.45, 2.75) is 39.3 Å². The van der Waals surface area contributed by atoms with E-state index in [0.29, 0.717) is 19.1 Å².